The van der Waals surface area contributed by atoms with E-state index in [1.807, 2.05) is 19.1 Å². The van der Waals surface area contributed by atoms with Crippen LogP contribution in [0.3, 0.4) is 0 Å². The molecule has 2 heterocycles. The molecule has 2 aliphatic rings. The van der Waals surface area contributed by atoms with Gasteiger partial charge in [0, 0.05) is 5.02 Å². The number of aliphatic hydroxyl groups excluding tert-OH is 1. The Morgan fingerprint density at radius 2 is 2.32 bits per heavy atom. The highest BCUT2D eigenvalue weighted by Gasteiger charge is 2.57. The summed E-state index contributed by atoms with van der Waals surface area (Å²) in [5.74, 6) is 0. The summed E-state index contributed by atoms with van der Waals surface area (Å²) in [5, 5.41) is 20.8. The smallest absolute Gasteiger partial charge is 0.116 e. The monoisotopic (exact) mass is 277 g/mol. The Morgan fingerprint density at radius 3 is 2.84 bits per heavy atom. The van der Waals surface area contributed by atoms with E-state index in [0.29, 0.717) is 17.0 Å². The fraction of sp³-hybridized carbons (Fsp3) is 0.533. The summed E-state index contributed by atoms with van der Waals surface area (Å²) in [6.07, 6.45) is 1.59. The van der Waals surface area contributed by atoms with Gasteiger partial charge in [-0.15, -0.1) is 0 Å². The molecule has 2 aliphatic heterocycles. The molecule has 4 unspecified atom stereocenters. The second-order valence-corrected chi connectivity index (χ2v) is 6.00. The maximum atomic E-state index is 10.6. The number of nitrogens with zero attached hydrogens (tertiary/aromatic N) is 1. The molecule has 0 aromatic heterocycles. The predicted octanol–water partition coefficient (Wildman–Crippen LogP) is 3.14. The van der Waals surface area contributed by atoms with Crippen molar-refractivity contribution in [2.45, 2.75) is 44.5 Å². The van der Waals surface area contributed by atoms with E-state index in [1.165, 1.54) is 0 Å². The second-order valence-electron chi connectivity index (χ2n) is 5.59. The first-order chi connectivity index (χ1) is 9.06. The van der Waals surface area contributed by atoms with Crippen LogP contribution in [0.15, 0.2) is 18.2 Å². The first-order valence-electron chi connectivity index (χ1n) is 6.57. The van der Waals surface area contributed by atoms with Gasteiger partial charge in [0.2, 0.25) is 0 Å². The number of rotatable bonds is 2. The summed E-state index contributed by atoms with van der Waals surface area (Å²) in [5.41, 5.74) is 0.850. The maximum absolute atomic E-state index is 10.6. The van der Waals surface area contributed by atoms with Crippen molar-refractivity contribution >= 4 is 11.6 Å². The third-order valence-electron chi connectivity index (χ3n) is 4.46. The van der Waals surface area contributed by atoms with Crippen LogP contribution in [0.4, 0.5) is 0 Å². The zero-order chi connectivity index (χ0) is 13.6. The van der Waals surface area contributed by atoms with Crippen molar-refractivity contribution in [2.24, 2.45) is 5.41 Å². The standard InChI is InChI=1S/C15H16ClNO2/c1-9-2-3-10(6-12(9)16)14(18)15(8-17)7-11-4-5-13(15)19-11/h2-3,6,11,13-14,18H,4-5,7H2,1H3. The lowest BCUT2D eigenvalue weighted by atomic mass is 9.69. The maximum Gasteiger partial charge on any atom is 0.116 e. The normalized spacial score (nSPS) is 34.2. The van der Waals surface area contributed by atoms with Crippen LogP contribution in [0.5, 0.6) is 0 Å². The molecule has 0 aliphatic carbocycles. The molecule has 100 valence electrons. The van der Waals surface area contributed by atoms with Crippen molar-refractivity contribution in [3.05, 3.63) is 34.3 Å². The number of nitriles is 1. The molecule has 0 spiro atoms. The third kappa shape index (κ3) is 1.87. The molecule has 0 amide bonds. The van der Waals surface area contributed by atoms with Gasteiger partial charge in [-0.25, -0.2) is 0 Å². The molecule has 1 aromatic rings. The molecule has 4 heteroatoms. The Balaban J connectivity index is 1.96. The minimum absolute atomic E-state index is 0.125. The Labute approximate surface area is 117 Å². The van der Waals surface area contributed by atoms with Crippen LogP contribution in [0.2, 0.25) is 5.02 Å². The lowest BCUT2D eigenvalue weighted by molar-refractivity contribution is 0.00342. The van der Waals surface area contributed by atoms with E-state index >= 15 is 0 Å². The van der Waals surface area contributed by atoms with Crippen LogP contribution in [0, 0.1) is 23.7 Å². The number of ether oxygens (including phenoxy) is 1. The Morgan fingerprint density at radius 1 is 1.53 bits per heavy atom. The summed E-state index contributed by atoms with van der Waals surface area (Å²) in [7, 11) is 0. The minimum atomic E-state index is -0.842. The van der Waals surface area contributed by atoms with Gasteiger partial charge in [0.1, 0.15) is 11.5 Å². The van der Waals surface area contributed by atoms with Gasteiger partial charge in [-0.05, 0) is 43.4 Å². The number of hydrogen-bond acceptors (Lipinski definition) is 3. The van der Waals surface area contributed by atoms with Gasteiger partial charge in [0.15, 0.2) is 0 Å². The van der Waals surface area contributed by atoms with Crippen LogP contribution < -0.4 is 0 Å². The zero-order valence-electron chi connectivity index (χ0n) is 10.8. The predicted molar refractivity (Wildman–Crippen MR) is 71.7 cm³/mol. The molecule has 2 saturated heterocycles. The minimum Gasteiger partial charge on any atom is -0.387 e. The molecule has 2 bridgehead atoms. The Hall–Kier alpha value is -1.08. The summed E-state index contributed by atoms with van der Waals surface area (Å²) in [6.45, 7) is 1.92. The van der Waals surface area contributed by atoms with E-state index in [0.717, 1.165) is 18.4 Å². The number of aliphatic hydroxyl groups is 1. The summed E-state index contributed by atoms with van der Waals surface area (Å²) >= 11 is 6.11. The molecule has 1 aromatic carbocycles. The summed E-state index contributed by atoms with van der Waals surface area (Å²) in [4.78, 5) is 0. The SMILES string of the molecule is Cc1ccc(C(O)C2(C#N)CC3CCC2O3)cc1Cl. The van der Waals surface area contributed by atoms with Crippen molar-refractivity contribution in [2.75, 3.05) is 0 Å². The van der Waals surface area contributed by atoms with E-state index in [9.17, 15) is 10.4 Å². The molecular formula is C15H16ClNO2. The topological polar surface area (TPSA) is 53.2 Å². The van der Waals surface area contributed by atoms with E-state index < -0.39 is 11.5 Å². The molecule has 3 nitrogen and oxygen atoms in total. The first-order valence-corrected chi connectivity index (χ1v) is 6.95. The molecule has 4 atom stereocenters. The van der Waals surface area contributed by atoms with Crippen LogP contribution in [0.1, 0.15) is 36.5 Å². The third-order valence-corrected chi connectivity index (χ3v) is 4.86. The number of aryl methyl sites for hydroxylation is 1. The van der Waals surface area contributed by atoms with Gasteiger partial charge < -0.3 is 9.84 Å². The van der Waals surface area contributed by atoms with Gasteiger partial charge >= 0.3 is 0 Å². The van der Waals surface area contributed by atoms with Gasteiger partial charge in [0.25, 0.3) is 0 Å². The van der Waals surface area contributed by atoms with E-state index in [4.69, 9.17) is 16.3 Å². The van der Waals surface area contributed by atoms with Crippen molar-refractivity contribution < 1.29 is 9.84 Å². The van der Waals surface area contributed by atoms with Crippen molar-refractivity contribution in [1.82, 2.24) is 0 Å². The van der Waals surface area contributed by atoms with Crippen molar-refractivity contribution in [3.8, 4) is 6.07 Å². The largest absolute Gasteiger partial charge is 0.387 e. The number of hydrogen-bond donors (Lipinski definition) is 1. The summed E-state index contributed by atoms with van der Waals surface area (Å²) < 4.78 is 5.76. The average Bonchev–Trinajstić information content (AvgIpc) is 3.02. The van der Waals surface area contributed by atoms with E-state index in [-0.39, 0.29) is 12.2 Å². The Kier molecular flexibility index (Phi) is 3.05. The zero-order valence-corrected chi connectivity index (χ0v) is 11.5. The van der Waals surface area contributed by atoms with Crippen molar-refractivity contribution in [1.29, 1.82) is 5.26 Å². The lowest BCUT2D eigenvalue weighted by Crippen LogP contribution is -2.37. The van der Waals surface area contributed by atoms with Crippen LogP contribution in [-0.4, -0.2) is 17.3 Å². The fourth-order valence-electron chi connectivity index (χ4n) is 3.29. The summed E-state index contributed by atoms with van der Waals surface area (Å²) in [6, 6.07) is 7.80. The molecule has 19 heavy (non-hydrogen) atoms. The quantitative estimate of drug-likeness (QED) is 0.903. The van der Waals surface area contributed by atoms with Gasteiger partial charge in [-0.1, -0.05) is 23.7 Å². The molecule has 1 N–H and O–H groups in total. The second kappa shape index (κ2) is 4.49. The lowest BCUT2D eigenvalue weighted by Gasteiger charge is -2.33. The highest BCUT2D eigenvalue weighted by Crippen LogP contribution is 2.54. The molecule has 2 fully saturated rings. The van der Waals surface area contributed by atoms with Crippen molar-refractivity contribution in [3.63, 3.8) is 0 Å². The fourth-order valence-corrected chi connectivity index (χ4v) is 3.48. The Bertz CT molecular complexity index is 554. The molecule has 0 saturated carbocycles. The first kappa shape index (κ1) is 12.9. The molecule has 3 rings (SSSR count). The highest BCUT2D eigenvalue weighted by atomic mass is 35.5. The van der Waals surface area contributed by atoms with Gasteiger partial charge in [-0.3, -0.25) is 0 Å². The van der Waals surface area contributed by atoms with Gasteiger partial charge in [-0.2, -0.15) is 5.26 Å². The van der Waals surface area contributed by atoms with Crippen LogP contribution in [-0.2, 0) is 4.74 Å². The molecule has 0 radical (unpaired) electrons. The molecular weight excluding hydrogens is 262 g/mol. The number of halogens is 1. The average molecular weight is 278 g/mol. The van der Waals surface area contributed by atoms with Crippen LogP contribution >= 0.6 is 11.6 Å². The van der Waals surface area contributed by atoms with E-state index in [2.05, 4.69) is 6.07 Å². The number of benzene rings is 1. The van der Waals surface area contributed by atoms with Crippen LogP contribution in [0.25, 0.3) is 0 Å². The van der Waals surface area contributed by atoms with E-state index in [1.54, 1.807) is 6.07 Å². The number of fused-ring (bicyclic) bond motifs is 2. The highest BCUT2D eigenvalue weighted by molar-refractivity contribution is 6.31. The van der Waals surface area contributed by atoms with Gasteiger partial charge in [0.05, 0.1) is 18.3 Å².